The predicted octanol–water partition coefficient (Wildman–Crippen LogP) is 3.59. The van der Waals surface area contributed by atoms with Crippen molar-refractivity contribution in [1.82, 2.24) is 5.32 Å². The molecule has 0 atom stereocenters. The monoisotopic (exact) mass is 382 g/mol. The molecule has 6 heteroatoms. The quantitative estimate of drug-likeness (QED) is 0.635. The second-order valence-corrected chi connectivity index (χ2v) is 6.08. The van der Waals surface area contributed by atoms with Crippen LogP contribution in [0.5, 0.6) is 0 Å². The molecule has 1 aliphatic heterocycles. The molecule has 0 bridgehead atoms. The fourth-order valence-corrected chi connectivity index (χ4v) is 2.62. The number of rotatable bonds is 2. The minimum absolute atomic E-state index is 0.0689. The molecule has 0 saturated carbocycles. The fourth-order valence-electron chi connectivity index (χ4n) is 2.36. The fraction of sp³-hybridized carbons (Fsp3) is 0.0556. The van der Waals surface area contributed by atoms with Gasteiger partial charge in [0.15, 0.2) is 0 Å². The van der Waals surface area contributed by atoms with Gasteiger partial charge in [0.2, 0.25) is 0 Å². The third-order valence-electron chi connectivity index (χ3n) is 3.63. The molecule has 0 unspecified atom stereocenters. The average molecular weight is 383 g/mol. The number of nitriles is 1. The van der Waals surface area contributed by atoms with E-state index in [2.05, 4.69) is 21.2 Å². The number of amides is 2. The Bertz CT molecular complexity index is 943. The molecule has 3 rings (SSSR count). The summed E-state index contributed by atoms with van der Waals surface area (Å²) in [6.07, 6.45) is 1.52. The van der Waals surface area contributed by atoms with Crippen molar-refractivity contribution in [3.8, 4) is 17.4 Å². The SMILES string of the molecule is CC1=C(C#N)C(=O)NC(=O)C1=Cc1ccc(-c2ccc(Br)cc2)o1. The summed E-state index contributed by atoms with van der Waals surface area (Å²) < 4.78 is 6.71. The zero-order valence-electron chi connectivity index (χ0n) is 12.6. The van der Waals surface area contributed by atoms with Crippen molar-refractivity contribution >= 4 is 33.8 Å². The van der Waals surface area contributed by atoms with E-state index in [1.165, 1.54) is 6.08 Å². The Labute approximate surface area is 146 Å². The molecule has 1 aromatic heterocycles. The number of carbonyl (C=O) groups excluding carboxylic acids is 2. The van der Waals surface area contributed by atoms with Crippen LogP contribution in [0.15, 0.2) is 62.0 Å². The normalized spacial score (nSPS) is 16.3. The molecule has 118 valence electrons. The molecule has 2 amide bonds. The topological polar surface area (TPSA) is 83.1 Å². The Morgan fingerprint density at radius 1 is 1.12 bits per heavy atom. The van der Waals surface area contributed by atoms with Gasteiger partial charge in [0.25, 0.3) is 11.8 Å². The molecular formula is C18H11BrN2O3. The van der Waals surface area contributed by atoms with E-state index in [0.717, 1.165) is 10.0 Å². The van der Waals surface area contributed by atoms with Crippen molar-refractivity contribution in [2.75, 3.05) is 0 Å². The molecule has 5 nitrogen and oxygen atoms in total. The van der Waals surface area contributed by atoms with Gasteiger partial charge in [-0.1, -0.05) is 28.1 Å². The summed E-state index contributed by atoms with van der Waals surface area (Å²) >= 11 is 3.38. The molecule has 0 spiro atoms. The van der Waals surface area contributed by atoms with Gasteiger partial charge >= 0.3 is 0 Å². The van der Waals surface area contributed by atoms with E-state index in [-0.39, 0.29) is 11.1 Å². The molecule has 24 heavy (non-hydrogen) atoms. The molecule has 0 radical (unpaired) electrons. The number of nitrogens with one attached hydrogen (secondary N) is 1. The van der Waals surface area contributed by atoms with Gasteiger partial charge in [0.1, 0.15) is 23.2 Å². The number of furan rings is 1. The lowest BCUT2D eigenvalue weighted by Gasteiger charge is -2.15. The number of nitrogens with zero attached hydrogens (tertiary/aromatic N) is 1. The first-order chi connectivity index (χ1) is 11.5. The van der Waals surface area contributed by atoms with Gasteiger partial charge < -0.3 is 4.42 Å². The van der Waals surface area contributed by atoms with Gasteiger partial charge in [-0.2, -0.15) is 5.26 Å². The summed E-state index contributed by atoms with van der Waals surface area (Å²) in [5.41, 5.74) is 1.41. The highest BCUT2D eigenvalue weighted by Crippen LogP contribution is 2.27. The third-order valence-corrected chi connectivity index (χ3v) is 4.16. The molecule has 0 aliphatic carbocycles. The van der Waals surface area contributed by atoms with Crippen LogP contribution in [0.3, 0.4) is 0 Å². The Kier molecular flexibility index (Phi) is 4.19. The Balaban J connectivity index is 1.99. The van der Waals surface area contributed by atoms with Crippen LogP contribution < -0.4 is 5.32 Å². The lowest BCUT2D eigenvalue weighted by Crippen LogP contribution is -2.37. The summed E-state index contributed by atoms with van der Waals surface area (Å²) in [6, 6.07) is 13.0. The zero-order valence-corrected chi connectivity index (χ0v) is 14.2. The van der Waals surface area contributed by atoms with Crippen LogP contribution in [-0.2, 0) is 9.59 Å². The van der Waals surface area contributed by atoms with E-state index in [1.807, 2.05) is 30.3 Å². The van der Waals surface area contributed by atoms with E-state index in [1.54, 1.807) is 19.1 Å². The van der Waals surface area contributed by atoms with Gasteiger partial charge in [-0.15, -0.1) is 0 Å². The second-order valence-electron chi connectivity index (χ2n) is 5.16. The van der Waals surface area contributed by atoms with Crippen LogP contribution in [0.2, 0.25) is 0 Å². The van der Waals surface area contributed by atoms with Crippen LogP contribution in [0.1, 0.15) is 12.7 Å². The van der Waals surface area contributed by atoms with Gasteiger partial charge in [-0.3, -0.25) is 14.9 Å². The van der Waals surface area contributed by atoms with E-state index < -0.39 is 11.8 Å². The highest BCUT2D eigenvalue weighted by Gasteiger charge is 2.27. The lowest BCUT2D eigenvalue weighted by atomic mass is 9.96. The van der Waals surface area contributed by atoms with Crippen LogP contribution in [0.4, 0.5) is 0 Å². The largest absolute Gasteiger partial charge is 0.457 e. The molecule has 1 aliphatic rings. The molecule has 2 heterocycles. The smallest absolute Gasteiger partial charge is 0.269 e. The summed E-state index contributed by atoms with van der Waals surface area (Å²) in [5.74, 6) is -0.0990. The van der Waals surface area contributed by atoms with E-state index >= 15 is 0 Å². The maximum Gasteiger partial charge on any atom is 0.269 e. The first-order valence-corrected chi connectivity index (χ1v) is 7.83. The van der Waals surface area contributed by atoms with Gasteiger partial charge in [-0.05, 0) is 42.8 Å². The first-order valence-electron chi connectivity index (χ1n) is 7.04. The minimum atomic E-state index is -0.674. The molecule has 2 aromatic rings. The molecule has 0 saturated heterocycles. The zero-order chi connectivity index (χ0) is 17.3. The number of benzene rings is 1. The van der Waals surface area contributed by atoms with Crippen LogP contribution in [0, 0.1) is 11.3 Å². The number of hydrogen-bond acceptors (Lipinski definition) is 4. The molecule has 1 aromatic carbocycles. The van der Waals surface area contributed by atoms with Crippen molar-refractivity contribution in [2.24, 2.45) is 0 Å². The Morgan fingerprint density at radius 3 is 2.50 bits per heavy atom. The molecule has 1 N–H and O–H groups in total. The van der Waals surface area contributed by atoms with Gasteiger partial charge in [0, 0.05) is 15.6 Å². The third kappa shape index (κ3) is 2.94. The predicted molar refractivity (Wildman–Crippen MR) is 91.3 cm³/mol. The number of halogens is 1. The van der Waals surface area contributed by atoms with Crippen LogP contribution >= 0.6 is 15.9 Å². The highest BCUT2D eigenvalue weighted by molar-refractivity contribution is 9.10. The van der Waals surface area contributed by atoms with Crippen molar-refractivity contribution in [1.29, 1.82) is 5.26 Å². The summed E-state index contributed by atoms with van der Waals surface area (Å²) in [7, 11) is 0. The molecular weight excluding hydrogens is 372 g/mol. The summed E-state index contributed by atoms with van der Waals surface area (Å²) in [6.45, 7) is 1.57. The first kappa shape index (κ1) is 16.0. The van der Waals surface area contributed by atoms with Gasteiger partial charge in [0.05, 0.1) is 0 Å². The van der Waals surface area contributed by atoms with Gasteiger partial charge in [-0.25, -0.2) is 0 Å². The summed E-state index contributed by atoms with van der Waals surface area (Å²) in [5, 5.41) is 11.2. The standard InChI is InChI=1S/C18H11BrN2O3/c1-10-14(17(22)21-18(23)15(10)9-20)8-13-6-7-16(24-13)11-2-4-12(19)5-3-11/h2-8H,1H3,(H,21,22,23). The van der Waals surface area contributed by atoms with Crippen molar-refractivity contribution in [3.63, 3.8) is 0 Å². The maximum atomic E-state index is 12.0. The van der Waals surface area contributed by atoms with Crippen molar-refractivity contribution in [2.45, 2.75) is 6.92 Å². The molecule has 0 fully saturated rings. The van der Waals surface area contributed by atoms with Crippen LogP contribution in [0.25, 0.3) is 17.4 Å². The van der Waals surface area contributed by atoms with Crippen molar-refractivity contribution in [3.05, 3.63) is 63.4 Å². The number of imide groups is 1. The minimum Gasteiger partial charge on any atom is -0.457 e. The highest BCUT2D eigenvalue weighted by atomic mass is 79.9. The van der Waals surface area contributed by atoms with Crippen LogP contribution in [-0.4, -0.2) is 11.8 Å². The Hall–Kier alpha value is -2.91. The number of hydrogen-bond donors (Lipinski definition) is 1. The van der Waals surface area contributed by atoms with E-state index in [0.29, 0.717) is 17.1 Å². The Morgan fingerprint density at radius 2 is 1.83 bits per heavy atom. The maximum absolute atomic E-state index is 12.0. The lowest BCUT2D eigenvalue weighted by molar-refractivity contribution is -0.126. The number of carbonyl (C=O) groups is 2. The van der Waals surface area contributed by atoms with E-state index in [4.69, 9.17) is 9.68 Å². The summed E-state index contributed by atoms with van der Waals surface area (Å²) in [4.78, 5) is 23.6. The van der Waals surface area contributed by atoms with Crippen molar-refractivity contribution < 1.29 is 14.0 Å². The van der Waals surface area contributed by atoms with E-state index in [9.17, 15) is 9.59 Å². The second kappa shape index (κ2) is 6.30. The average Bonchev–Trinajstić information content (AvgIpc) is 3.01.